The molecule has 0 radical (unpaired) electrons. The zero-order valence-electron chi connectivity index (χ0n) is 36.3. The smallest absolute Gasteiger partial charge is 0.306 e. The minimum absolute atomic E-state index is 0.121. The van der Waals surface area contributed by atoms with Gasteiger partial charge in [-0.1, -0.05) is 159 Å². The topological polar surface area (TPSA) is 135 Å². The Balaban J connectivity index is 2.26. The number of rotatable bonds is 39. The van der Waals surface area contributed by atoms with E-state index < -0.39 is 43.4 Å². The molecule has 1 aliphatic heterocycles. The second-order valence-electron chi connectivity index (χ2n) is 15.8. The van der Waals surface area contributed by atoms with Crippen molar-refractivity contribution in [3.05, 3.63) is 48.6 Å². The van der Waals surface area contributed by atoms with Gasteiger partial charge in [-0.15, -0.1) is 0 Å². The van der Waals surface area contributed by atoms with Gasteiger partial charge < -0.3 is 39.4 Å². The van der Waals surface area contributed by atoms with Crippen molar-refractivity contribution in [1.29, 1.82) is 0 Å². The number of ether oxygens (including phenoxy) is 4. The number of esters is 1. The first-order chi connectivity index (χ1) is 27.9. The number of aliphatic hydroxyl groups excluding tert-OH is 4. The molecule has 9 nitrogen and oxygen atoms in total. The van der Waals surface area contributed by atoms with Crippen molar-refractivity contribution in [2.45, 2.75) is 224 Å². The van der Waals surface area contributed by atoms with Gasteiger partial charge in [-0.3, -0.25) is 4.79 Å². The number of aliphatic hydroxyl groups is 4. The monoisotopic (exact) mass is 807 g/mol. The van der Waals surface area contributed by atoms with E-state index in [-0.39, 0.29) is 19.2 Å². The number of carbonyl (C=O) groups excluding carboxylic acids is 1. The van der Waals surface area contributed by atoms with E-state index in [2.05, 4.69) is 62.5 Å². The van der Waals surface area contributed by atoms with Crippen LogP contribution in [0.2, 0.25) is 0 Å². The van der Waals surface area contributed by atoms with Gasteiger partial charge in [0.2, 0.25) is 0 Å². The highest BCUT2D eigenvalue weighted by atomic mass is 16.7. The zero-order valence-corrected chi connectivity index (χ0v) is 36.3. The molecule has 0 bridgehead atoms. The van der Waals surface area contributed by atoms with Gasteiger partial charge in [-0.05, 0) is 70.6 Å². The van der Waals surface area contributed by atoms with E-state index >= 15 is 0 Å². The van der Waals surface area contributed by atoms with Crippen LogP contribution >= 0.6 is 0 Å². The molecule has 1 aliphatic rings. The van der Waals surface area contributed by atoms with E-state index in [1.54, 1.807) is 0 Å². The predicted molar refractivity (Wildman–Crippen MR) is 233 cm³/mol. The second-order valence-corrected chi connectivity index (χ2v) is 15.8. The van der Waals surface area contributed by atoms with Crippen LogP contribution < -0.4 is 0 Å². The van der Waals surface area contributed by atoms with Crippen LogP contribution in [-0.2, 0) is 23.7 Å². The summed E-state index contributed by atoms with van der Waals surface area (Å²) in [6, 6.07) is 0. The first-order valence-corrected chi connectivity index (χ1v) is 23.2. The van der Waals surface area contributed by atoms with Crippen molar-refractivity contribution < 1.29 is 44.2 Å². The van der Waals surface area contributed by atoms with Crippen LogP contribution in [0.15, 0.2) is 48.6 Å². The van der Waals surface area contributed by atoms with E-state index in [9.17, 15) is 25.2 Å². The molecule has 0 spiro atoms. The largest absolute Gasteiger partial charge is 0.457 e. The summed E-state index contributed by atoms with van der Waals surface area (Å²) in [4.78, 5) is 12.8. The number of carbonyl (C=O) groups is 1. The molecular weight excluding hydrogens is 721 g/mol. The van der Waals surface area contributed by atoms with Crippen molar-refractivity contribution in [2.75, 3.05) is 26.4 Å². The van der Waals surface area contributed by atoms with Gasteiger partial charge in [-0.25, -0.2) is 0 Å². The summed E-state index contributed by atoms with van der Waals surface area (Å²) in [5.41, 5.74) is 0. The predicted octanol–water partition coefficient (Wildman–Crippen LogP) is 10.5. The molecule has 332 valence electrons. The SMILES string of the molecule is CC/C=C\C/C=C\C/C=C\CCCCCCCCCC(=O)OC(COCCCCCCCC/C=C\CCCCCCCCC)COC1OC(CO)C(O)C(O)C1O. The molecule has 6 unspecified atom stereocenters. The maximum Gasteiger partial charge on any atom is 0.306 e. The third-order valence-corrected chi connectivity index (χ3v) is 10.5. The van der Waals surface area contributed by atoms with Gasteiger partial charge in [0.1, 0.15) is 30.5 Å². The molecule has 0 aromatic carbocycles. The Hall–Kier alpha value is -1.85. The Morgan fingerprint density at radius 2 is 1.07 bits per heavy atom. The molecule has 57 heavy (non-hydrogen) atoms. The van der Waals surface area contributed by atoms with Crippen LogP contribution in [0.1, 0.15) is 187 Å². The highest BCUT2D eigenvalue weighted by Gasteiger charge is 2.44. The van der Waals surface area contributed by atoms with E-state index in [1.165, 1.54) is 96.3 Å². The molecular formula is C48H86O9. The lowest BCUT2D eigenvalue weighted by Gasteiger charge is -2.39. The van der Waals surface area contributed by atoms with Crippen LogP contribution in [0.25, 0.3) is 0 Å². The molecule has 0 aromatic rings. The third-order valence-electron chi connectivity index (χ3n) is 10.5. The van der Waals surface area contributed by atoms with Crippen LogP contribution in [0.5, 0.6) is 0 Å². The molecule has 0 saturated carbocycles. The average molecular weight is 807 g/mol. The molecule has 0 aliphatic carbocycles. The summed E-state index contributed by atoms with van der Waals surface area (Å²) in [5, 5.41) is 40.1. The summed E-state index contributed by atoms with van der Waals surface area (Å²) in [5.74, 6) is -0.326. The normalized spacial score (nSPS) is 20.8. The van der Waals surface area contributed by atoms with Gasteiger partial charge in [0, 0.05) is 13.0 Å². The average Bonchev–Trinajstić information content (AvgIpc) is 3.21. The van der Waals surface area contributed by atoms with E-state index in [0.717, 1.165) is 70.6 Å². The molecule has 0 aromatic heterocycles. The maximum atomic E-state index is 12.8. The van der Waals surface area contributed by atoms with Crippen molar-refractivity contribution in [3.8, 4) is 0 Å². The number of allylic oxidation sites excluding steroid dienone is 8. The third kappa shape index (κ3) is 30.8. The van der Waals surface area contributed by atoms with E-state index in [0.29, 0.717) is 13.0 Å². The first kappa shape index (κ1) is 53.2. The van der Waals surface area contributed by atoms with Gasteiger partial charge in [0.15, 0.2) is 6.29 Å². The summed E-state index contributed by atoms with van der Waals surface area (Å²) in [6.45, 7) is 4.43. The Morgan fingerprint density at radius 1 is 0.579 bits per heavy atom. The fourth-order valence-corrected chi connectivity index (χ4v) is 6.85. The van der Waals surface area contributed by atoms with Gasteiger partial charge in [0.05, 0.1) is 19.8 Å². The molecule has 0 amide bonds. The zero-order chi connectivity index (χ0) is 41.4. The van der Waals surface area contributed by atoms with E-state index in [4.69, 9.17) is 18.9 Å². The van der Waals surface area contributed by atoms with Gasteiger partial charge in [-0.2, -0.15) is 0 Å². The Kier molecular flexibility index (Phi) is 36.9. The number of hydrogen-bond acceptors (Lipinski definition) is 9. The fraction of sp³-hybridized carbons (Fsp3) is 0.812. The van der Waals surface area contributed by atoms with Crippen LogP contribution in [0.3, 0.4) is 0 Å². The highest BCUT2D eigenvalue weighted by molar-refractivity contribution is 5.69. The molecule has 1 fully saturated rings. The minimum Gasteiger partial charge on any atom is -0.457 e. The molecule has 4 N–H and O–H groups in total. The summed E-state index contributed by atoms with van der Waals surface area (Å²) < 4.78 is 22.8. The number of hydrogen-bond donors (Lipinski definition) is 4. The summed E-state index contributed by atoms with van der Waals surface area (Å²) in [6.07, 6.45) is 41.3. The Labute approximate surface area is 348 Å². The quantitative estimate of drug-likeness (QED) is 0.0272. The minimum atomic E-state index is -1.54. The highest BCUT2D eigenvalue weighted by Crippen LogP contribution is 2.22. The van der Waals surface area contributed by atoms with Crippen molar-refractivity contribution >= 4 is 5.97 Å². The van der Waals surface area contributed by atoms with Gasteiger partial charge in [0.25, 0.3) is 0 Å². The lowest BCUT2D eigenvalue weighted by atomic mass is 9.99. The van der Waals surface area contributed by atoms with Crippen LogP contribution in [-0.4, -0.2) is 89.6 Å². The Morgan fingerprint density at radius 3 is 1.63 bits per heavy atom. The molecule has 1 heterocycles. The summed E-state index contributed by atoms with van der Waals surface area (Å²) in [7, 11) is 0. The Bertz CT molecular complexity index is 1010. The van der Waals surface area contributed by atoms with E-state index in [1.807, 2.05) is 0 Å². The fourth-order valence-electron chi connectivity index (χ4n) is 6.85. The standard InChI is InChI=1S/C48H86O9/c1-3-5-7-9-11-13-15-17-19-21-23-25-27-29-31-33-35-37-44(50)56-42(41-55-48-47(53)46(52)45(51)43(39-49)57-48)40-54-38-36-34-32-30-28-26-24-22-20-18-16-14-12-10-8-6-4-2/h5,7,11,13,17,19-20,22,42-43,45-49,51-53H,3-4,6,8-10,12,14-16,18,21,23-41H2,1-2H3/b7-5-,13-11-,19-17-,22-20-. The van der Waals surface area contributed by atoms with Crippen molar-refractivity contribution in [2.24, 2.45) is 0 Å². The van der Waals surface area contributed by atoms with Crippen LogP contribution in [0, 0.1) is 0 Å². The maximum absolute atomic E-state index is 12.8. The van der Waals surface area contributed by atoms with Crippen LogP contribution in [0.4, 0.5) is 0 Å². The number of unbranched alkanes of at least 4 members (excludes halogenated alkanes) is 20. The van der Waals surface area contributed by atoms with Gasteiger partial charge >= 0.3 is 5.97 Å². The molecule has 1 rings (SSSR count). The second kappa shape index (κ2) is 39.6. The molecule has 1 saturated heterocycles. The lowest BCUT2D eigenvalue weighted by Crippen LogP contribution is -2.59. The molecule has 6 atom stereocenters. The lowest BCUT2D eigenvalue weighted by molar-refractivity contribution is -0.305. The summed E-state index contributed by atoms with van der Waals surface area (Å²) >= 11 is 0. The van der Waals surface area contributed by atoms with Crippen molar-refractivity contribution in [3.63, 3.8) is 0 Å². The van der Waals surface area contributed by atoms with Crippen molar-refractivity contribution in [1.82, 2.24) is 0 Å². The first-order valence-electron chi connectivity index (χ1n) is 23.2. The molecule has 9 heteroatoms.